The van der Waals surface area contributed by atoms with Crippen LogP contribution in [0.1, 0.15) is 10.4 Å². The molecule has 0 bridgehead atoms. The summed E-state index contributed by atoms with van der Waals surface area (Å²) in [5.41, 5.74) is 0.583. The molecule has 2 aromatic rings. The maximum absolute atomic E-state index is 13.3. The first-order valence-electron chi connectivity index (χ1n) is 4.86. The van der Waals surface area contributed by atoms with Crippen LogP contribution in [0.15, 0.2) is 34.1 Å². The monoisotopic (exact) mass is 310 g/mol. The Morgan fingerprint density at radius 3 is 2.94 bits per heavy atom. The molecule has 2 rings (SSSR count). The molecule has 1 aromatic carbocycles. The second kappa shape index (κ2) is 5.30. The molecule has 0 saturated carbocycles. The Morgan fingerprint density at radius 1 is 1.47 bits per heavy atom. The van der Waals surface area contributed by atoms with Crippen molar-refractivity contribution >= 4 is 33.0 Å². The van der Waals surface area contributed by atoms with Gasteiger partial charge in [0.25, 0.3) is 0 Å². The number of hydrogen-bond donors (Lipinski definition) is 1. The Balaban J connectivity index is 2.14. The van der Waals surface area contributed by atoms with Gasteiger partial charge in [0.1, 0.15) is 17.4 Å². The average Bonchev–Trinajstić information content (AvgIpc) is 2.72. The highest BCUT2D eigenvalue weighted by Gasteiger charge is 2.07. The molecule has 0 aliphatic heterocycles. The van der Waals surface area contributed by atoms with Crippen LogP contribution in [0.2, 0.25) is 0 Å². The summed E-state index contributed by atoms with van der Waals surface area (Å²) >= 11 is 4.97. The lowest BCUT2D eigenvalue weighted by Gasteiger charge is -2.07. The maximum Gasteiger partial charge on any atom is 0.143 e. The molecule has 0 fully saturated rings. The van der Waals surface area contributed by atoms with Crippen molar-refractivity contribution in [1.29, 1.82) is 5.26 Å². The molecule has 1 N–H and O–H groups in total. The lowest BCUT2D eigenvalue weighted by Crippen LogP contribution is -2.01. The first-order chi connectivity index (χ1) is 8.20. The lowest BCUT2D eigenvalue weighted by atomic mass is 10.2. The van der Waals surface area contributed by atoms with Crippen LogP contribution in [-0.2, 0) is 6.54 Å². The van der Waals surface area contributed by atoms with Crippen molar-refractivity contribution in [3.63, 3.8) is 0 Å². The smallest absolute Gasteiger partial charge is 0.143 e. The van der Waals surface area contributed by atoms with E-state index >= 15 is 0 Å². The first kappa shape index (κ1) is 12.1. The molecule has 0 spiro atoms. The van der Waals surface area contributed by atoms with Crippen LogP contribution in [0, 0.1) is 17.1 Å². The minimum atomic E-state index is -0.495. The number of rotatable bonds is 3. The molecule has 17 heavy (non-hydrogen) atoms. The van der Waals surface area contributed by atoms with Crippen LogP contribution in [0.4, 0.5) is 10.1 Å². The summed E-state index contributed by atoms with van der Waals surface area (Å²) in [4.78, 5) is 1.12. The second-order valence-corrected chi connectivity index (χ2v) is 5.27. The van der Waals surface area contributed by atoms with Gasteiger partial charge in [0.05, 0.1) is 5.69 Å². The number of anilines is 1. The molecule has 0 atom stereocenters. The highest BCUT2D eigenvalue weighted by atomic mass is 79.9. The van der Waals surface area contributed by atoms with E-state index in [1.807, 2.05) is 17.5 Å². The van der Waals surface area contributed by atoms with E-state index in [0.717, 1.165) is 9.35 Å². The van der Waals surface area contributed by atoms with E-state index in [0.29, 0.717) is 12.2 Å². The van der Waals surface area contributed by atoms with E-state index in [1.165, 1.54) is 6.07 Å². The molecule has 1 aromatic heterocycles. The number of halogens is 2. The van der Waals surface area contributed by atoms with E-state index in [-0.39, 0.29) is 5.56 Å². The SMILES string of the molecule is N#Cc1c(F)cccc1NCc1cc(Br)cs1. The van der Waals surface area contributed by atoms with Crippen molar-refractivity contribution in [2.24, 2.45) is 0 Å². The molecule has 0 aliphatic rings. The van der Waals surface area contributed by atoms with Crippen LogP contribution in [0.25, 0.3) is 0 Å². The fourth-order valence-corrected chi connectivity index (χ4v) is 2.80. The lowest BCUT2D eigenvalue weighted by molar-refractivity contribution is 0.624. The predicted molar refractivity (Wildman–Crippen MR) is 70.5 cm³/mol. The van der Waals surface area contributed by atoms with Gasteiger partial charge in [-0.3, -0.25) is 0 Å². The summed E-state index contributed by atoms with van der Waals surface area (Å²) in [5, 5.41) is 13.9. The van der Waals surface area contributed by atoms with Crippen molar-refractivity contribution in [2.75, 3.05) is 5.32 Å². The largest absolute Gasteiger partial charge is 0.379 e. The van der Waals surface area contributed by atoms with Gasteiger partial charge in [-0.05, 0) is 34.1 Å². The molecule has 0 radical (unpaired) electrons. The number of thiophene rings is 1. The van der Waals surface area contributed by atoms with E-state index in [4.69, 9.17) is 5.26 Å². The fourth-order valence-electron chi connectivity index (χ4n) is 1.41. The normalized spacial score (nSPS) is 9.94. The van der Waals surface area contributed by atoms with Gasteiger partial charge in [0, 0.05) is 21.3 Å². The molecule has 0 amide bonds. The van der Waals surface area contributed by atoms with Crippen LogP contribution in [-0.4, -0.2) is 0 Å². The Kier molecular flexibility index (Phi) is 3.77. The van der Waals surface area contributed by atoms with Crippen LogP contribution >= 0.6 is 27.3 Å². The number of nitriles is 1. The van der Waals surface area contributed by atoms with Gasteiger partial charge in [-0.2, -0.15) is 5.26 Å². The van der Waals surface area contributed by atoms with Crippen molar-refractivity contribution < 1.29 is 4.39 Å². The van der Waals surface area contributed by atoms with Crippen molar-refractivity contribution in [3.05, 3.63) is 50.4 Å². The Morgan fingerprint density at radius 2 is 2.29 bits per heavy atom. The van der Waals surface area contributed by atoms with Crippen molar-refractivity contribution in [2.45, 2.75) is 6.54 Å². The fraction of sp³-hybridized carbons (Fsp3) is 0.0833. The third kappa shape index (κ3) is 2.84. The van der Waals surface area contributed by atoms with E-state index in [9.17, 15) is 4.39 Å². The van der Waals surface area contributed by atoms with Crippen molar-refractivity contribution in [3.8, 4) is 6.07 Å². The third-order valence-electron chi connectivity index (χ3n) is 2.20. The molecule has 2 nitrogen and oxygen atoms in total. The zero-order valence-electron chi connectivity index (χ0n) is 8.71. The standard InChI is InChI=1S/C12H8BrFN2S/c13-8-4-9(17-7-8)6-16-12-3-1-2-11(14)10(12)5-15/h1-4,7,16H,6H2. The highest BCUT2D eigenvalue weighted by molar-refractivity contribution is 9.10. The second-order valence-electron chi connectivity index (χ2n) is 3.36. The minimum absolute atomic E-state index is 0.0584. The molecule has 0 unspecified atom stereocenters. The number of benzene rings is 1. The van der Waals surface area contributed by atoms with Gasteiger partial charge in [0.2, 0.25) is 0 Å². The Hall–Kier alpha value is -1.38. The summed E-state index contributed by atoms with van der Waals surface area (Å²) in [6.07, 6.45) is 0. The van der Waals surface area contributed by atoms with Gasteiger partial charge >= 0.3 is 0 Å². The average molecular weight is 311 g/mol. The topological polar surface area (TPSA) is 35.8 Å². The number of nitrogens with one attached hydrogen (secondary N) is 1. The van der Waals surface area contributed by atoms with Gasteiger partial charge in [-0.15, -0.1) is 11.3 Å². The quantitative estimate of drug-likeness (QED) is 0.925. The molecule has 0 aliphatic carbocycles. The number of hydrogen-bond acceptors (Lipinski definition) is 3. The Bertz CT molecular complexity index is 574. The zero-order valence-corrected chi connectivity index (χ0v) is 11.1. The predicted octanol–water partition coefficient (Wildman–Crippen LogP) is 4.13. The van der Waals surface area contributed by atoms with E-state index in [1.54, 1.807) is 23.5 Å². The molecular weight excluding hydrogens is 303 g/mol. The molecule has 86 valence electrons. The Labute approximate surface area is 111 Å². The number of nitrogens with zero attached hydrogens (tertiary/aromatic N) is 1. The van der Waals surface area contributed by atoms with E-state index in [2.05, 4.69) is 21.2 Å². The minimum Gasteiger partial charge on any atom is -0.379 e. The van der Waals surface area contributed by atoms with Gasteiger partial charge < -0.3 is 5.32 Å². The molecule has 5 heteroatoms. The van der Waals surface area contributed by atoms with Gasteiger partial charge in [0.15, 0.2) is 0 Å². The highest BCUT2D eigenvalue weighted by Crippen LogP contribution is 2.22. The van der Waals surface area contributed by atoms with E-state index < -0.39 is 5.82 Å². The third-order valence-corrected chi connectivity index (χ3v) is 3.90. The summed E-state index contributed by atoms with van der Waals surface area (Å²) in [5.74, 6) is -0.495. The van der Waals surface area contributed by atoms with Gasteiger partial charge in [-0.25, -0.2) is 4.39 Å². The molecule has 1 heterocycles. The van der Waals surface area contributed by atoms with Crippen LogP contribution in [0.3, 0.4) is 0 Å². The molecular formula is C12H8BrFN2S. The van der Waals surface area contributed by atoms with Gasteiger partial charge in [-0.1, -0.05) is 6.07 Å². The zero-order chi connectivity index (χ0) is 12.3. The summed E-state index contributed by atoms with van der Waals surface area (Å²) in [7, 11) is 0. The summed E-state index contributed by atoms with van der Waals surface area (Å²) < 4.78 is 14.3. The first-order valence-corrected chi connectivity index (χ1v) is 6.53. The van der Waals surface area contributed by atoms with Crippen LogP contribution in [0.5, 0.6) is 0 Å². The summed E-state index contributed by atoms with van der Waals surface area (Å²) in [6, 6.07) is 8.42. The maximum atomic E-state index is 13.3. The van der Waals surface area contributed by atoms with Crippen LogP contribution < -0.4 is 5.32 Å². The van der Waals surface area contributed by atoms with Crippen molar-refractivity contribution in [1.82, 2.24) is 0 Å². The molecule has 0 saturated heterocycles. The summed E-state index contributed by atoms with van der Waals surface area (Å²) in [6.45, 7) is 0.578.